The van der Waals surface area contributed by atoms with E-state index in [4.69, 9.17) is 18.9 Å². The molecule has 0 aromatic heterocycles. The zero-order valence-electron chi connectivity index (χ0n) is 10.8. The van der Waals surface area contributed by atoms with Gasteiger partial charge in [0.25, 0.3) is 0 Å². The molecule has 0 aromatic carbocycles. The average Bonchev–Trinajstić information content (AvgIpc) is 3.13. The second-order valence-electron chi connectivity index (χ2n) is 3.88. The summed E-state index contributed by atoms with van der Waals surface area (Å²) in [6.45, 7) is 5.40. The molecule has 1 fully saturated rings. The molecule has 0 N–H and O–H groups in total. The van der Waals surface area contributed by atoms with Gasteiger partial charge >= 0.3 is 11.9 Å². The third-order valence-corrected chi connectivity index (χ3v) is 2.40. The Hall–Kier alpha value is -1.14. The summed E-state index contributed by atoms with van der Waals surface area (Å²) in [7, 11) is 0. The molecule has 0 amide bonds. The van der Waals surface area contributed by atoms with Crippen molar-refractivity contribution in [1.29, 1.82) is 0 Å². The van der Waals surface area contributed by atoms with Crippen LogP contribution in [0.5, 0.6) is 0 Å². The highest BCUT2D eigenvalue weighted by Crippen LogP contribution is 2.12. The summed E-state index contributed by atoms with van der Waals surface area (Å²) in [6.07, 6.45) is 0.443. The van der Waals surface area contributed by atoms with Crippen molar-refractivity contribution >= 4 is 11.9 Å². The number of ether oxygens (including phenoxy) is 4. The van der Waals surface area contributed by atoms with Gasteiger partial charge in [0.1, 0.15) is 6.10 Å². The van der Waals surface area contributed by atoms with E-state index in [1.165, 1.54) is 0 Å². The SMILES string of the molecule is CCOC(=O)C(CCOCC1CO1)C(=O)OCC. The van der Waals surface area contributed by atoms with Crippen LogP contribution in [0, 0.1) is 5.92 Å². The van der Waals surface area contributed by atoms with E-state index in [-0.39, 0.29) is 25.7 Å². The Morgan fingerprint density at radius 1 is 1.22 bits per heavy atom. The highest BCUT2D eigenvalue weighted by atomic mass is 16.6. The molecule has 104 valence electrons. The molecule has 1 aliphatic rings. The van der Waals surface area contributed by atoms with E-state index < -0.39 is 17.9 Å². The minimum atomic E-state index is -0.898. The minimum absolute atomic E-state index is 0.175. The van der Waals surface area contributed by atoms with Gasteiger partial charge in [-0.2, -0.15) is 0 Å². The molecule has 0 aromatic rings. The van der Waals surface area contributed by atoms with Gasteiger partial charge in [0, 0.05) is 6.61 Å². The molecule has 0 saturated carbocycles. The van der Waals surface area contributed by atoms with Crippen molar-refractivity contribution in [3.05, 3.63) is 0 Å². The second-order valence-corrected chi connectivity index (χ2v) is 3.88. The standard InChI is InChI=1S/C12H20O6/c1-3-16-11(13)10(12(14)17-4-2)5-6-15-7-9-8-18-9/h9-10H,3-8H2,1-2H3. The number of epoxide rings is 1. The van der Waals surface area contributed by atoms with Crippen molar-refractivity contribution in [3.63, 3.8) is 0 Å². The lowest BCUT2D eigenvalue weighted by atomic mass is 10.1. The second kappa shape index (κ2) is 8.05. The van der Waals surface area contributed by atoms with Gasteiger partial charge in [0.05, 0.1) is 26.4 Å². The van der Waals surface area contributed by atoms with E-state index in [2.05, 4.69) is 0 Å². The molecule has 1 unspecified atom stereocenters. The van der Waals surface area contributed by atoms with E-state index in [0.717, 1.165) is 6.61 Å². The maximum absolute atomic E-state index is 11.6. The summed E-state index contributed by atoms with van der Waals surface area (Å²) < 4.78 is 20.0. The Labute approximate surface area is 107 Å². The molecule has 0 bridgehead atoms. The van der Waals surface area contributed by atoms with Gasteiger partial charge in [-0.3, -0.25) is 9.59 Å². The van der Waals surface area contributed by atoms with Crippen LogP contribution >= 0.6 is 0 Å². The Morgan fingerprint density at radius 3 is 2.22 bits per heavy atom. The molecule has 0 aliphatic carbocycles. The predicted molar refractivity (Wildman–Crippen MR) is 61.9 cm³/mol. The highest BCUT2D eigenvalue weighted by molar-refractivity contribution is 5.94. The van der Waals surface area contributed by atoms with Crippen LogP contribution in [-0.2, 0) is 28.5 Å². The van der Waals surface area contributed by atoms with Crippen LogP contribution in [0.2, 0.25) is 0 Å². The first-order chi connectivity index (χ1) is 8.69. The number of carbonyl (C=O) groups is 2. The fourth-order valence-corrected chi connectivity index (χ4v) is 1.40. The lowest BCUT2D eigenvalue weighted by Gasteiger charge is -2.14. The van der Waals surface area contributed by atoms with Crippen LogP contribution in [0.4, 0.5) is 0 Å². The maximum atomic E-state index is 11.6. The maximum Gasteiger partial charge on any atom is 0.320 e. The number of rotatable bonds is 9. The topological polar surface area (TPSA) is 74.4 Å². The van der Waals surface area contributed by atoms with Crippen molar-refractivity contribution in [3.8, 4) is 0 Å². The first kappa shape index (κ1) is 14.9. The molecular formula is C12H20O6. The summed E-state index contributed by atoms with van der Waals surface area (Å²) >= 11 is 0. The Morgan fingerprint density at radius 2 is 1.78 bits per heavy atom. The van der Waals surface area contributed by atoms with Gasteiger partial charge in [-0.25, -0.2) is 0 Å². The van der Waals surface area contributed by atoms with Crippen LogP contribution in [-0.4, -0.2) is 51.1 Å². The average molecular weight is 260 g/mol. The van der Waals surface area contributed by atoms with Crippen LogP contribution < -0.4 is 0 Å². The van der Waals surface area contributed by atoms with E-state index >= 15 is 0 Å². The first-order valence-corrected chi connectivity index (χ1v) is 6.21. The van der Waals surface area contributed by atoms with Crippen LogP contribution in [0.15, 0.2) is 0 Å². The Balaban J connectivity index is 2.31. The largest absolute Gasteiger partial charge is 0.465 e. The zero-order valence-corrected chi connectivity index (χ0v) is 10.8. The molecule has 6 nitrogen and oxygen atoms in total. The van der Waals surface area contributed by atoms with Crippen molar-refractivity contribution in [1.82, 2.24) is 0 Å². The number of carbonyl (C=O) groups excluding carboxylic acids is 2. The van der Waals surface area contributed by atoms with Gasteiger partial charge in [0.2, 0.25) is 0 Å². The molecular weight excluding hydrogens is 240 g/mol. The zero-order chi connectivity index (χ0) is 13.4. The molecule has 1 atom stereocenters. The highest BCUT2D eigenvalue weighted by Gasteiger charge is 2.29. The van der Waals surface area contributed by atoms with Crippen LogP contribution in [0.3, 0.4) is 0 Å². The molecule has 0 spiro atoms. The molecule has 1 rings (SSSR count). The van der Waals surface area contributed by atoms with Crippen molar-refractivity contribution < 1.29 is 28.5 Å². The van der Waals surface area contributed by atoms with Gasteiger partial charge in [-0.05, 0) is 20.3 Å². The fraction of sp³-hybridized carbons (Fsp3) is 0.833. The monoisotopic (exact) mass is 260 g/mol. The number of esters is 2. The van der Waals surface area contributed by atoms with Crippen molar-refractivity contribution in [2.75, 3.05) is 33.0 Å². The lowest BCUT2D eigenvalue weighted by molar-refractivity contribution is -0.162. The summed E-state index contributed by atoms with van der Waals surface area (Å²) in [5, 5.41) is 0. The molecule has 1 aliphatic heterocycles. The first-order valence-electron chi connectivity index (χ1n) is 6.21. The van der Waals surface area contributed by atoms with Crippen LogP contribution in [0.1, 0.15) is 20.3 Å². The summed E-state index contributed by atoms with van der Waals surface area (Å²) in [6, 6.07) is 0. The van der Waals surface area contributed by atoms with E-state index in [1.807, 2.05) is 0 Å². The lowest BCUT2D eigenvalue weighted by Crippen LogP contribution is -2.29. The number of hydrogen-bond donors (Lipinski definition) is 0. The Bertz CT molecular complexity index is 256. The third kappa shape index (κ3) is 5.46. The van der Waals surface area contributed by atoms with Crippen molar-refractivity contribution in [2.45, 2.75) is 26.4 Å². The molecule has 6 heteroatoms. The third-order valence-electron chi connectivity index (χ3n) is 2.40. The molecule has 1 heterocycles. The van der Waals surface area contributed by atoms with Gasteiger partial charge in [-0.15, -0.1) is 0 Å². The van der Waals surface area contributed by atoms with Crippen molar-refractivity contribution in [2.24, 2.45) is 5.92 Å². The van der Waals surface area contributed by atoms with E-state index in [1.54, 1.807) is 13.8 Å². The van der Waals surface area contributed by atoms with Gasteiger partial charge in [-0.1, -0.05) is 0 Å². The number of hydrogen-bond acceptors (Lipinski definition) is 6. The summed E-state index contributed by atoms with van der Waals surface area (Å²) in [4.78, 5) is 23.2. The molecule has 0 radical (unpaired) electrons. The van der Waals surface area contributed by atoms with Gasteiger partial charge < -0.3 is 18.9 Å². The molecule has 18 heavy (non-hydrogen) atoms. The van der Waals surface area contributed by atoms with E-state index in [9.17, 15) is 9.59 Å². The Kier molecular flexibility index (Phi) is 6.67. The minimum Gasteiger partial charge on any atom is -0.465 e. The predicted octanol–water partition coefficient (Wildman–Crippen LogP) is 0.534. The smallest absolute Gasteiger partial charge is 0.320 e. The van der Waals surface area contributed by atoms with Gasteiger partial charge in [0.15, 0.2) is 5.92 Å². The normalized spacial score (nSPS) is 17.6. The van der Waals surface area contributed by atoms with Crippen LogP contribution in [0.25, 0.3) is 0 Å². The summed E-state index contributed by atoms with van der Waals surface area (Å²) in [5.74, 6) is -2.01. The quantitative estimate of drug-likeness (QED) is 0.260. The fourth-order valence-electron chi connectivity index (χ4n) is 1.40. The van der Waals surface area contributed by atoms with E-state index in [0.29, 0.717) is 13.2 Å². The summed E-state index contributed by atoms with van der Waals surface area (Å²) in [5.41, 5.74) is 0. The molecule has 1 saturated heterocycles.